The topological polar surface area (TPSA) is 95.0 Å². The summed E-state index contributed by atoms with van der Waals surface area (Å²) in [6, 6.07) is 9.23. The van der Waals surface area contributed by atoms with Crippen molar-refractivity contribution in [3.8, 4) is 28.9 Å². The van der Waals surface area contributed by atoms with Crippen LogP contribution in [0.2, 0.25) is 0 Å². The zero-order chi connectivity index (χ0) is 24.4. The van der Waals surface area contributed by atoms with Crippen molar-refractivity contribution in [2.24, 2.45) is 7.05 Å². The molecule has 4 heterocycles. The van der Waals surface area contributed by atoms with E-state index in [4.69, 9.17) is 4.52 Å². The molecule has 5 rings (SSSR count). The van der Waals surface area contributed by atoms with Gasteiger partial charge in [0, 0.05) is 38.3 Å². The Morgan fingerprint density at radius 1 is 1.00 bits per heavy atom. The van der Waals surface area contributed by atoms with Crippen molar-refractivity contribution < 1.29 is 22.4 Å². The molecule has 4 aromatic rings. The minimum Gasteiger partial charge on any atom is -0.406 e. The number of anilines is 1. The molecule has 0 radical (unpaired) electrons. The minimum absolute atomic E-state index is 0.112. The zero-order valence-electron chi connectivity index (χ0n) is 18.9. The second-order valence-corrected chi connectivity index (χ2v) is 8.22. The summed E-state index contributed by atoms with van der Waals surface area (Å²) in [7, 11) is 1.79. The Bertz CT molecular complexity index is 1300. The summed E-state index contributed by atoms with van der Waals surface area (Å²) in [6.45, 7) is 2.03. The van der Waals surface area contributed by atoms with Gasteiger partial charge in [0.05, 0.1) is 0 Å². The number of hydrogen-bond donors (Lipinski definition) is 0. The Morgan fingerprint density at radius 2 is 1.77 bits per heavy atom. The van der Waals surface area contributed by atoms with E-state index in [1.165, 1.54) is 43.5 Å². The first kappa shape index (κ1) is 22.8. The molecule has 1 saturated heterocycles. The summed E-state index contributed by atoms with van der Waals surface area (Å²) in [5, 5.41) is 8.29. The van der Waals surface area contributed by atoms with E-state index in [2.05, 4.69) is 40.9 Å². The summed E-state index contributed by atoms with van der Waals surface area (Å²) in [6.07, 6.45) is 1.22. The van der Waals surface area contributed by atoms with E-state index < -0.39 is 6.36 Å². The summed E-state index contributed by atoms with van der Waals surface area (Å²) >= 11 is 0. The van der Waals surface area contributed by atoms with Gasteiger partial charge in [-0.05, 0) is 61.2 Å². The number of nitrogens with zero attached hydrogens (tertiary/aromatic N) is 7. The van der Waals surface area contributed by atoms with Gasteiger partial charge in [0.1, 0.15) is 17.4 Å². The standard InChI is InChI=1S/C23H22F3N7O2/c1-32-19(14-15-9-10-27-18(13-15)33-11-3-2-4-12-33)28-21(30-32)22-29-20(31-35-22)16-5-7-17(8-6-16)34-23(24,25)26/h5-10,13H,2-4,11-12,14H2,1H3. The molecule has 0 aliphatic carbocycles. The minimum atomic E-state index is -4.76. The number of aromatic nitrogens is 6. The third-order valence-corrected chi connectivity index (χ3v) is 5.67. The molecule has 182 valence electrons. The predicted molar refractivity (Wildman–Crippen MR) is 120 cm³/mol. The van der Waals surface area contributed by atoms with Crippen molar-refractivity contribution in [1.82, 2.24) is 29.9 Å². The number of piperidine rings is 1. The van der Waals surface area contributed by atoms with Gasteiger partial charge < -0.3 is 14.2 Å². The SMILES string of the molecule is Cn1nc(-c2nc(-c3ccc(OC(F)(F)F)cc3)no2)nc1Cc1ccnc(N2CCCCC2)c1. The lowest BCUT2D eigenvalue weighted by molar-refractivity contribution is -0.274. The average Bonchev–Trinajstić information content (AvgIpc) is 3.47. The molecule has 3 aromatic heterocycles. The highest BCUT2D eigenvalue weighted by Gasteiger charge is 2.31. The average molecular weight is 485 g/mol. The quantitative estimate of drug-likeness (QED) is 0.397. The molecule has 9 nitrogen and oxygen atoms in total. The Balaban J connectivity index is 1.30. The number of halogens is 3. The Morgan fingerprint density at radius 3 is 2.51 bits per heavy atom. The lowest BCUT2D eigenvalue weighted by atomic mass is 10.1. The van der Waals surface area contributed by atoms with Gasteiger partial charge in [-0.3, -0.25) is 4.68 Å². The maximum Gasteiger partial charge on any atom is 0.573 e. The van der Waals surface area contributed by atoms with Gasteiger partial charge in [-0.25, -0.2) is 9.97 Å². The van der Waals surface area contributed by atoms with Crippen LogP contribution in [-0.2, 0) is 13.5 Å². The number of benzene rings is 1. The lowest BCUT2D eigenvalue weighted by Gasteiger charge is -2.27. The van der Waals surface area contributed by atoms with E-state index in [0.717, 1.165) is 24.5 Å². The number of aryl methyl sites for hydroxylation is 1. The highest BCUT2D eigenvalue weighted by Crippen LogP contribution is 2.27. The van der Waals surface area contributed by atoms with E-state index in [1.807, 2.05) is 12.3 Å². The van der Waals surface area contributed by atoms with Crippen LogP contribution in [0.25, 0.3) is 23.1 Å². The maximum absolute atomic E-state index is 12.4. The molecule has 1 aliphatic rings. The molecule has 1 aliphatic heterocycles. The normalized spacial score (nSPS) is 14.3. The first-order valence-corrected chi connectivity index (χ1v) is 11.1. The summed E-state index contributed by atoms with van der Waals surface area (Å²) < 4.78 is 47.9. The van der Waals surface area contributed by atoms with Crippen LogP contribution in [-0.4, -0.2) is 49.3 Å². The summed E-state index contributed by atoms with van der Waals surface area (Å²) in [5.74, 6) is 1.93. The summed E-state index contributed by atoms with van der Waals surface area (Å²) in [4.78, 5) is 15.7. The van der Waals surface area contributed by atoms with Crippen LogP contribution in [0.1, 0.15) is 30.7 Å². The molecule has 1 fully saturated rings. The van der Waals surface area contributed by atoms with Gasteiger partial charge in [0.15, 0.2) is 0 Å². The van der Waals surface area contributed by atoms with Crippen molar-refractivity contribution in [1.29, 1.82) is 0 Å². The molecule has 12 heteroatoms. The molecular formula is C23H22F3N7O2. The van der Waals surface area contributed by atoms with E-state index in [-0.39, 0.29) is 23.3 Å². The number of ether oxygens (including phenoxy) is 1. The van der Waals surface area contributed by atoms with Gasteiger partial charge in [-0.15, -0.1) is 18.3 Å². The van der Waals surface area contributed by atoms with Gasteiger partial charge in [0.25, 0.3) is 5.89 Å². The fourth-order valence-electron chi connectivity index (χ4n) is 3.95. The molecule has 0 amide bonds. The van der Waals surface area contributed by atoms with Crippen LogP contribution in [0.15, 0.2) is 47.1 Å². The van der Waals surface area contributed by atoms with Crippen molar-refractivity contribution >= 4 is 5.82 Å². The van der Waals surface area contributed by atoms with E-state index in [0.29, 0.717) is 17.8 Å². The summed E-state index contributed by atoms with van der Waals surface area (Å²) in [5.41, 5.74) is 1.53. The monoisotopic (exact) mass is 485 g/mol. The number of hydrogen-bond acceptors (Lipinski definition) is 8. The van der Waals surface area contributed by atoms with Crippen LogP contribution in [0.3, 0.4) is 0 Å². The van der Waals surface area contributed by atoms with Gasteiger partial charge in [-0.1, -0.05) is 5.16 Å². The third-order valence-electron chi connectivity index (χ3n) is 5.67. The van der Waals surface area contributed by atoms with E-state index in [9.17, 15) is 13.2 Å². The van der Waals surface area contributed by atoms with Crippen LogP contribution in [0.4, 0.5) is 19.0 Å². The van der Waals surface area contributed by atoms with Crippen molar-refractivity contribution in [2.75, 3.05) is 18.0 Å². The number of rotatable bonds is 6. The molecule has 0 bridgehead atoms. The number of alkyl halides is 3. The Kier molecular flexibility index (Phi) is 6.10. The second-order valence-electron chi connectivity index (χ2n) is 8.22. The fraction of sp³-hybridized carbons (Fsp3) is 0.348. The fourth-order valence-corrected chi connectivity index (χ4v) is 3.95. The molecular weight excluding hydrogens is 463 g/mol. The number of pyridine rings is 1. The molecule has 0 unspecified atom stereocenters. The molecule has 0 atom stereocenters. The lowest BCUT2D eigenvalue weighted by Crippen LogP contribution is -2.30. The van der Waals surface area contributed by atoms with Gasteiger partial charge in [0.2, 0.25) is 11.6 Å². The van der Waals surface area contributed by atoms with Gasteiger partial charge in [-0.2, -0.15) is 4.98 Å². The second kappa shape index (κ2) is 9.35. The van der Waals surface area contributed by atoms with Gasteiger partial charge >= 0.3 is 6.36 Å². The first-order chi connectivity index (χ1) is 16.8. The van der Waals surface area contributed by atoms with E-state index in [1.54, 1.807) is 11.7 Å². The van der Waals surface area contributed by atoms with Crippen molar-refractivity contribution in [2.45, 2.75) is 32.0 Å². The van der Waals surface area contributed by atoms with E-state index >= 15 is 0 Å². The smallest absolute Gasteiger partial charge is 0.406 e. The third kappa shape index (κ3) is 5.42. The Hall–Kier alpha value is -3.96. The van der Waals surface area contributed by atoms with Crippen molar-refractivity contribution in [3.05, 3.63) is 54.0 Å². The van der Waals surface area contributed by atoms with Crippen LogP contribution >= 0.6 is 0 Å². The zero-order valence-corrected chi connectivity index (χ0v) is 18.9. The highest BCUT2D eigenvalue weighted by molar-refractivity contribution is 5.57. The molecule has 1 aromatic carbocycles. The Labute approximate surface area is 198 Å². The van der Waals surface area contributed by atoms with Crippen LogP contribution < -0.4 is 9.64 Å². The van der Waals surface area contributed by atoms with Crippen LogP contribution in [0.5, 0.6) is 5.75 Å². The molecule has 0 saturated carbocycles. The maximum atomic E-state index is 12.4. The van der Waals surface area contributed by atoms with Crippen LogP contribution in [0, 0.1) is 0 Å². The first-order valence-electron chi connectivity index (χ1n) is 11.1. The molecule has 0 N–H and O–H groups in total. The molecule has 0 spiro atoms. The highest BCUT2D eigenvalue weighted by atomic mass is 19.4. The predicted octanol–water partition coefficient (Wildman–Crippen LogP) is 4.41. The van der Waals surface area contributed by atoms with Crippen molar-refractivity contribution in [3.63, 3.8) is 0 Å². The largest absolute Gasteiger partial charge is 0.573 e. The molecule has 35 heavy (non-hydrogen) atoms.